The van der Waals surface area contributed by atoms with E-state index in [1.165, 1.54) is 11.1 Å². The summed E-state index contributed by atoms with van der Waals surface area (Å²) in [6.07, 6.45) is 0. The molecular weight excluding hydrogens is 272 g/mol. The van der Waals surface area contributed by atoms with Crippen LogP contribution in [0.25, 0.3) is 0 Å². The second kappa shape index (κ2) is 6.70. The van der Waals surface area contributed by atoms with Crippen LogP contribution in [0.2, 0.25) is 0 Å². The van der Waals surface area contributed by atoms with Gasteiger partial charge < -0.3 is 0 Å². The Morgan fingerprint density at radius 2 is 0.952 bits per heavy atom. The van der Waals surface area contributed by atoms with Crippen LogP contribution in [0.1, 0.15) is 38.8 Å². The fourth-order valence-corrected chi connectivity index (χ4v) is 3.96. The summed E-state index contributed by atoms with van der Waals surface area (Å²) in [6.45, 7) is 9.35. The quantitative estimate of drug-likeness (QED) is 0.661. The van der Waals surface area contributed by atoms with E-state index < -0.39 is 0 Å². The Hall–Kier alpha value is -1.21. The van der Waals surface area contributed by atoms with Crippen molar-refractivity contribution >= 4 is 11.8 Å². The van der Waals surface area contributed by atoms with Crippen molar-refractivity contribution in [2.45, 2.75) is 38.5 Å². The molecule has 0 aromatic heterocycles. The van der Waals surface area contributed by atoms with E-state index in [0.29, 0.717) is 0 Å². The molecular formula is C20H26S. The van der Waals surface area contributed by atoms with Gasteiger partial charge in [0.1, 0.15) is 0 Å². The van der Waals surface area contributed by atoms with Gasteiger partial charge in [0.2, 0.25) is 0 Å². The molecule has 0 nitrogen and oxygen atoms in total. The maximum absolute atomic E-state index is 2.34. The smallest absolute Gasteiger partial charge is 0.00248 e. The molecule has 0 aliphatic heterocycles. The van der Waals surface area contributed by atoms with Crippen LogP contribution in [0, 0.1) is 0 Å². The van der Waals surface area contributed by atoms with E-state index in [9.17, 15) is 0 Å². The zero-order valence-electron chi connectivity index (χ0n) is 13.6. The average Bonchev–Trinajstić information content (AvgIpc) is 2.49. The van der Waals surface area contributed by atoms with Crippen molar-refractivity contribution < 1.29 is 0 Å². The lowest BCUT2D eigenvalue weighted by atomic mass is 9.86. The van der Waals surface area contributed by atoms with Crippen molar-refractivity contribution in [1.82, 2.24) is 0 Å². The topological polar surface area (TPSA) is 0 Å². The van der Waals surface area contributed by atoms with Crippen LogP contribution < -0.4 is 0 Å². The Bertz CT molecular complexity index is 489. The summed E-state index contributed by atoms with van der Waals surface area (Å²) < 4.78 is 0. The zero-order valence-corrected chi connectivity index (χ0v) is 14.4. The third kappa shape index (κ3) is 4.38. The molecule has 0 aliphatic carbocycles. The third-order valence-electron chi connectivity index (χ3n) is 4.04. The van der Waals surface area contributed by atoms with Crippen molar-refractivity contribution in [1.29, 1.82) is 0 Å². The van der Waals surface area contributed by atoms with Crippen molar-refractivity contribution in [3.8, 4) is 0 Å². The molecule has 0 amide bonds. The van der Waals surface area contributed by atoms with Gasteiger partial charge >= 0.3 is 0 Å². The highest BCUT2D eigenvalue weighted by molar-refractivity contribution is 7.99. The van der Waals surface area contributed by atoms with Gasteiger partial charge in [-0.1, -0.05) is 88.4 Å². The molecule has 0 bridgehead atoms. The Balaban J connectivity index is 1.95. The summed E-state index contributed by atoms with van der Waals surface area (Å²) in [6, 6.07) is 21.7. The Labute approximate surface area is 134 Å². The molecule has 2 aromatic carbocycles. The molecule has 0 atom stereocenters. The predicted octanol–water partition coefficient (Wildman–Crippen LogP) is 5.68. The highest BCUT2D eigenvalue weighted by atomic mass is 32.2. The zero-order chi connectivity index (χ0) is 15.3. The minimum absolute atomic E-state index is 0.221. The highest BCUT2D eigenvalue weighted by Crippen LogP contribution is 2.32. The Kier molecular flexibility index (Phi) is 5.16. The number of hydrogen-bond donors (Lipinski definition) is 0. The molecule has 21 heavy (non-hydrogen) atoms. The largest absolute Gasteiger partial charge is 0.160 e. The van der Waals surface area contributed by atoms with Crippen LogP contribution >= 0.6 is 11.8 Å². The van der Waals surface area contributed by atoms with Gasteiger partial charge in [-0.25, -0.2) is 0 Å². The predicted molar refractivity (Wildman–Crippen MR) is 96.3 cm³/mol. The monoisotopic (exact) mass is 298 g/mol. The van der Waals surface area contributed by atoms with Crippen molar-refractivity contribution in [3.05, 3.63) is 71.8 Å². The van der Waals surface area contributed by atoms with E-state index in [0.717, 1.165) is 11.5 Å². The van der Waals surface area contributed by atoms with Crippen LogP contribution in [0.4, 0.5) is 0 Å². The minimum atomic E-state index is 0.221. The molecule has 1 heteroatoms. The molecule has 0 saturated carbocycles. The van der Waals surface area contributed by atoms with Gasteiger partial charge in [-0.2, -0.15) is 11.8 Å². The molecule has 0 spiro atoms. The molecule has 112 valence electrons. The van der Waals surface area contributed by atoms with Gasteiger partial charge in [-0.3, -0.25) is 0 Å². The van der Waals surface area contributed by atoms with Crippen LogP contribution in [0.3, 0.4) is 0 Å². The lowest BCUT2D eigenvalue weighted by Gasteiger charge is -2.29. The number of thioether (sulfide) groups is 1. The van der Waals surface area contributed by atoms with E-state index in [1.807, 2.05) is 0 Å². The fraction of sp³-hybridized carbons (Fsp3) is 0.400. The van der Waals surface area contributed by atoms with E-state index >= 15 is 0 Å². The molecule has 0 N–H and O–H groups in total. The highest BCUT2D eigenvalue weighted by Gasteiger charge is 2.24. The maximum Gasteiger partial charge on any atom is 0.00248 e. The molecule has 0 heterocycles. The van der Waals surface area contributed by atoms with Crippen molar-refractivity contribution in [2.75, 3.05) is 11.5 Å². The molecule has 0 radical (unpaired) electrons. The first kappa shape index (κ1) is 16.2. The average molecular weight is 298 g/mol. The molecule has 0 unspecified atom stereocenters. The van der Waals surface area contributed by atoms with Gasteiger partial charge in [0.25, 0.3) is 0 Å². The summed E-state index contributed by atoms with van der Waals surface area (Å²) in [5.41, 5.74) is 3.29. The standard InChI is InChI=1S/C20H26S/c1-19(2,17-11-7-5-8-12-17)15-21-16-20(3,4)18-13-9-6-10-14-18/h5-14H,15-16H2,1-4H3. The van der Waals surface area contributed by atoms with Gasteiger partial charge in [-0.05, 0) is 22.0 Å². The maximum atomic E-state index is 2.34. The van der Waals surface area contributed by atoms with E-state index in [2.05, 4.69) is 100 Å². The molecule has 0 saturated heterocycles. The number of rotatable bonds is 6. The number of hydrogen-bond acceptors (Lipinski definition) is 1. The lowest BCUT2D eigenvalue weighted by Crippen LogP contribution is -2.25. The van der Waals surface area contributed by atoms with Crippen molar-refractivity contribution in [2.24, 2.45) is 0 Å². The molecule has 0 fully saturated rings. The van der Waals surface area contributed by atoms with Gasteiger partial charge in [0.15, 0.2) is 0 Å². The van der Waals surface area contributed by atoms with Crippen LogP contribution in [0.5, 0.6) is 0 Å². The SMILES string of the molecule is CC(C)(CSCC(C)(C)c1ccccc1)c1ccccc1. The van der Waals surface area contributed by atoms with Crippen LogP contribution in [0.15, 0.2) is 60.7 Å². The second-order valence-electron chi connectivity index (χ2n) is 6.99. The Morgan fingerprint density at radius 1 is 0.619 bits per heavy atom. The van der Waals surface area contributed by atoms with Crippen molar-refractivity contribution in [3.63, 3.8) is 0 Å². The first-order chi connectivity index (χ1) is 9.92. The normalized spacial score (nSPS) is 12.4. The van der Waals surface area contributed by atoms with Gasteiger partial charge in [0, 0.05) is 11.5 Å². The molecule has 2 aromatic rings. The summed E-state index contributed by atoms with van der Waals surface area (Å²) in [5, 5.41) is 0. The summed E-state index contributed by atoms with van der Waals surface area (Å²) >= 11 is 2.06. The van der Waals surface area contributed by atoms with E-state index in [-0.39, 0.29) is 10.8 Å². The second-order valence-corrected chi connectivity index (χ2v) is 7.98. The van der Waals surface area contributed by atoms with Crippen LogP contribution in [-0.4, -0.2) is 11.5 Å². The Morgan fingerprint density at radius 3 is 1.29 bits per heavy atom. The minimum Gasteiger partial charge on any atom is -0.160 e. The summed E-state index contributed by atoms with van der Waals surface area (Å²) in [7, 11) is 0. The lowest BCUT2D eigenvalue weighted by molar-refractivity contribution is 0.586. The molecule has 2 rings (SSSR count). The first-order valence-electron chi connectivity index (χ1n) is 7.61. The van der Waals surface area contributed by atoms with Crippen LogP contribution in [-0.2, 0) is 10.8 Å². The summed E-state index contributed by atoms with van der Waals surface area (Å²) in [4.78, 5) is 0. The third-order valence-corrected chi connectivity index (χ3v) is 5.89. The van der Waals surface area contributed by atoms with E-state index in [4.69, 9.17) is 0 Å². The molecule has 0 aliphatic rings. The van der Waals surface area contributed by atoms with E-state index in [1.54, 1.807) is 0 Å². The summed E-state index contributed by atoms with van der Waals surface area (Å²) in [5.74, 6) is 2.29. The van der Waals surface area contributed by atoms with Gasteiger partial charge in [-0.15, -0.1) is 0 Å². The van der Waals surface area contributed by atoms with Gasteiger partial charge in [0.05, 0.1) is 0 Å². The number of benzene rings is 2. The fourth-order valence-electron chi connectivity index (χ4n) is 2.51. The first-order valence-corrected chi connectivity index (χ1v) is 8.76.